The molecule has 0 radical (unpaired) electrons. The van der Waals surface area contributed by atoms with Gasteiger partial charge < -0.3 is 19.4 Å². The van der Waals surface area contributed by atoms with Crippen molar-refractivity contribution in [2.24, 2.45) is 0 Å². The van der Waals surface area contributed by atoms with Gasteiger partial charge >= 0.3 is 0 Å². The number of nitrogens with zero attached hydrogens (tertiary/aromatic N) is 1. The molecule has 32 heavy (non-hydrogen) atoms. The van der Waals surface area contributed by atoms with E-state index in [0.29, 0.717) is 5.58 Å². The summed E-state index contributed by atoms with van der Waals surface area (Å²) in [5.41, 5.74) is 3.35. The fraction of sp³-hybridized carbons (Fsp3) is 0.222. The minimum absolute atomic E-state index is 0.248. The average molecular weight is 427 g/mol. The predicted molar refractivity (Wildman–Crippen MR) is 127 cm³/mol. The van der Waals surface area contributed by atoms with Crippen molar-refractivity contribution in [2.45, 2.75) is 25.9 Å². The molecule has 1 aliphatic heterocycles. The van der Waals surface area contributed by atoms with E-state index in [4.69, 9.17) is 9.15 Å². The number of hydrogen-bond acceptors (Lipinski definition) is 4. The molecular weight excluding hydrogens is 400 g/mol. The van der Waals surface area contributed by atoms with E-state index in [1.54, 1.807) is 0 Å². The predicted octanol–water partition coefficient (Wildman–Crippen LogP) is 6.25. The molecule has 1 aliphatic rings. The lowest BCUT2D eigenvalue weighted by molar-refractivity contribution is 0.0995. The van der Waals surface area contributed by atoms with Gasteiger partial charge in [0.15, 0.2) is 5.76 Å². The summed E-state index contributed by atoms with van der Waals surface area (Å²) in [5.74, 6) is 0.748. The molecule has 1 saturated heterocycles. The van der Waals surface area contributed by atoms with Crippen LogP contribution in [0.25, 0.3) is 11.0 Å². The van der Waals surface area contributed by atoms with E-state index in [1.165, 1.54) is 24.9 Å². The van der Waals surface area contributed by atoms with Gasteiger partial charge in [-0.05, 0) is 61.7 Å². The number of furan rings is 1. The van der Waals surface area contributed by atoms with Gasteiger partial charge in [-0.15, -0.1) is 0 Å². The molecular formula is C27H26N2O3. The van der Waals surface area contributed by atoms with Gasteiger partial charge in [0, 0.05) is 35.4 Å². The van der Waals surface area contributed by atoms with Crippen molar-refractivity contribution >= 4 is 28.3 Å². The number of ether oxygens (including phenoxy) is 1. The second-order valence-corrected chi connectivity index (χ2v) is 8.06. The Morgan fingerprint density at radius 2 is 1.59 bits per heavy atom. The minimum Gasteiger partial charge on any atom is -0.489 e. The molecule has 0 aliphatic carbocycles. The summed E-state index contributed by atoms with van der Waals surface area (Å²) in [7, 11) is 0. The zero-order valence-corrected chi connectivity index (χ0v) is 17.9. The van der Waals surface area contributed by atoms with Crippen molar-refractivity contribution in [3.05, 3.63) is 90.2 Å². The van der Waals surface area contributed by atoms with Crippen molar-refractivity contribution in [3.8, 4) is 5.75 Å². The number of piperidine rings is 1. The zero-order valence-electron chi connectivity index (χ0n) is 17.9. The molecule has 4 aromatic rings. The van der Waals surface area contributed by atoms with Gasteiger partial charge in [0.05, 0.1) is 0 Å². The lowest BCUT2D eigenvalue weighted by Gasteiger charge is -2.28. The molecule has 0 bridgehead atoms. The van der Waals surface area contributed by atoms with E-state index in [2.05, 4.69) is 22.3 Å². The molecule has 1 amide bonds. The second kappa shape index (κ2) is 9.18. The van der Waals surface area contributed by atoms with Gasteiger partial charge in [0.1, 0.15) is 17.9 Å². The first-order valence-corrected chi connectivity index (χ1v) is 11.1. The van der Waals surface area contributed by atoms with Crippen molar-refractivity contribution in [3.63, 3.8) is 0 Å². The maximum atomic E-state index is 13.1. The van der Waals surface area contributed by atoms with Crippen LogP contribution in [0.4, 0.5) is 11.4 Å². The summed E-state index contributed by atoms with van der Waals surface area (Å²) < 4.78 is 11.9. The monoisotopic (exact) mass is 426 g/mol. The van der Waals surface area contributed by atoms with Gasteiger partial charge in [0.25, 0.3) is 5.91 Å². The smallest absolute Gasteiger partial charge is 0.291 e. The van der Waals surface area contributed by atoms with Crippen LogP contribution < -0.4 is 15.0 Å². The van der Waals surface area contributed by atoms with Crippen molar-refractivity contribution in [1.29, 1.82) is 0 Å². The SMILES string of the molecule is O=C(Nc1ccc(N2CCCCC2)cc1)c1oc2ccccc2c1COc1ccccc1. The standard InChI is InChI=1S/C27H26N2O3/c30-27(28-20-13-15-21(16-14-20)29-17-7-2-8-18-29)26-24(19-31-22-9-3-1-4-10-22)23-11-5-6-12-25(23)32-26/h1,3-6,9-16H,2,7-8,17-19H2,(H,28,30). The molecule has 2 heterocycles. The number of hydrogen-bond donors (Lipinski definition) is 1. The fourth-order valence-electron chi connectivity index (χ4n) is 4.19. The molecule has 5 nitrogen and oxygen atoms in total. The third kappa shape index (κ3) is 4.33. The first-order valence-electron chi connectivity index (χ1n) is 11.1. The molecule has 1 N–H and O–H groups in total. The van der Waals surface area contributed by atoms with E-state index in [9.17, 15) is 4.79 Å². The molecule has 0 spiro atoms. The topological polar surface area (TPSA) is 54.7 Å². The highest BCUT2D eigenvalue weighted by Crippen LogP contribution is 2.28. The Morgan fingerprint density at radius 3 is 2.38 bits per heavy atom. The maximum absolute atomic E-state index is 13.1. The van der Waals surface area contributed by atoms with E-state index >= 15 is 0 Å². The third-order valence-electron chi connectivity index (χ3n) is 5.88. The fourth-order valence-corrected chi connectivity index (χ4v) is 4.19. The molecule has 3 aromatic carbocycles. The summed E-state index contributed by atoms with van der Waals surface area (Å²) in [6.45, 7) is 2.43. The highest BCUT2D eigenvalue weighted by atomic mass is 16.5. The molecule has 5 rings (SSSR count). The highest BCUT2D eigenvalue weighted by molar-refractivity contribution is 6.06. The first kappa shape index (κ1) is 20.2. The van der Waals surface area contributed by atoms with Crippen molar-refractivity contribution in [1.82, 2.24) is 0 Å². The van der Waals surface area contributed by atoms with Gasteiger partial charge in [0.2, 0.25) is 0 Å². The van der Waals surface area contributed by atoms with Crippen LogP contribution in [-0.2, 0) is 6.61 Å². The number of anilines is 2. The number of fused-ring (bicyclic) bond motifs is 1. The number of carbonyl (C=O) groups excluding carboxylic acids is 1. The number of para-hydroxylation sites is 2. The number of rotatable bonds is 6. The lowest BCUT2D eigenvalue weighted by atomic mass is 10.1. The molecule has 1 fully saturated rings. The van der Waals surface area contributed by atoms with Gasteiger partial charge in [-0.2, -0.15) is 0 Å². The van der Waals surface area contributed by atoms with E-state index < -0.39 is 0 Å². The number of benzene rings is 3. The van der Waals surface area contributed by atoms with Crippen molar-refractivity contribution < 1.29 is 13.9 Å². The van der Waals surface area contributed by atoms with Gasteiger partial charge in [-0.3, -0.25) is 4.79 Å². The lowest BCUT2D eigenvalue weighted by Crippen LogP contribution is -2.29. The highest BCUT2D eigenvalue weighted by Gasteiger charge is 2.21. The summed E-state index contributed by atoms with van der Waals surface area (Å²) in [6, 6.07) is 25.3. The maximum Gasteiger partial charge on any atom is 0.291 e. The second-order valence-electron chi connectivity index (χ2n) is 8.06. The molecule has 162 valence electrons. The average Bonchev–Trinajstić information content (AvgIpc) is 3.23. The Hall–Kier alpha value is -3.73. The minimum atomic E-state index is -0.279. The molecule has 5 heteroatoms. The van der Waals surface area contributed by atoms with Crippen LogP contribution in [0.15, 0.2) is 83.3 Å². The van der Waals surface area contributed by atoms with Crippen molar-refractivity contribution in [2.75, 3.05) is 23.3 Å². The van der Waals surface area contributed by atoms with Crippen LogP contribution in [0, 0.1) is 0 Å². The van der Waals surface area contributed by atoms with Crippen LogP contribution in [0.5, 0.6) is 5.75 Å². The van der Waals surface area contributed by atoms with Crippen LogP contribution in [-0.4, -0.2) is 19.0 Å². The number of nitrogens with one attached hydrogen (secondary N) is 1. The Kier molecular flexibility index (Phi) is 5.79. The van der Waals surface area contributed by atoms with Crippen LogP contribution in [0.2, 0.25) is 0 Å². The zero-order chi connectivity index (χ0) is 21.8. The number of amides is 1. The quantitative estimate of drug-likeness (QED) is 0.396. The van der Waals surface area contributed by atoms with E-state index in [0.717, 1.165) is 35.5 Å². The molecule has 0 atom stereocenters. The summed E-state index contributed by atoms with van der Waals surface area (Å²) in [6.07, 6.45) is 3.77. The third-order valence-corrected chi connectivity index (χ3v) is 5.88. The Morgan fingerprint density at radius 1 is 0.875 bits per heavy atom. The van der Waals surface area contributed by atoms with Crippen LogP contribution >= 0.6 is 0 Å². The normalized spacial score (nSPS) is 13.8. The molecule has 1 aromatic heterocycles. The van der Waals surface area contributed by atoms with E-state index in [-0.39, 0.29) is 18.3 Å². The van der Waals surface area contributed by atoms with Crippen LogP contribution in [0.1, 0.15) is 35.4 Å². The Balaban J connectivity index is 1.35. The van der Waals surface area contributed by atoms with Crippen LogP contribution in [0.3, 0.4) is 0 Å². The Labute approximate surface area is 187 Å². The largest absolute Gasteiger partial charge is 0.489 e. The summed E-state index contributed by atoms with van der Waals surface area (Å²) >= 11 is 0. The van der Waals surface area contributed by atoms with E-state index in [1.807, 2.05) is 66.7 Å². The van der Waals surface area contributed by atoms with Gasteiger partial charge in [-0.25, -0.2) is 0 Å². The number of carbonyl (C=O) groups is 1. The van der Waals surface area contributed by atoms with Gasteiger partial charge in [-0.1, -0.05) is 36.4 Å². The first-order chi connectivity index (χ1) is 15.8. The molecule has 0 saturated carbocycles. The summed E-state index contributed by atoms with van der Waals surface area (Å²) in [4.78, 5) is 15.5. The Bertz CT molecular complexity index is 1190. The summed E-state index contributed by atoms with van der Waals surface area (Å²) in [5, 5.41) is 3.86. The molecule has 0 unspecified atom stereocenters.